The van der Waals surface area contributed by atoms with E-state index in [0.717, 1.165) is 25.9 Å². The lowest BCUT2D eigenvalue weighted by Gasteiger charge is -2.28. The number of carboxylic acid groups (broad SMARTS) is 1. The molecule has 1 amide bonds. The van der Waals surface area contributed by atoms with E-state index in [0.29, 0.717) is 13.2 Å². The van der Waals surface area contributed by atoms with Crippen molar-refractivity contribution in [2.45, 2.75) is 12.8 Å². The first-order valence-corrected chi connectivity index (χ1v) is 5.85. The Hall–Kier alpha value is -1.14. The van der Waals surface area contributed by atoms with Crippen molar-refractivity contribution in [2.75, 3.05) is 39.9 Å². The van der Waals surface area contributed by atoms with Crippen molar-refractivity contribution in [1.29, 1.82) is 0 Å². The van der Waals surface area contributed by atoms with E-state index in [1.807, 2.05) is 0 Å². The number of hydrogen-bond acceptors (Lipinski definition) is 4. The summed E-state index contributed by atoms with van der Waals surface area (Å²) in [5, 5.41) is 12.0. The van der Waals surface area contributed by atoms with Gasteiger partial charge in [-0.2, -0.15) is 0 Å². The minimum atomic E-state index is -0.983. The van der Waals surface area contributed by atoms with Crippen LogP contribution in [-0.4, -0.2) is 61.8 Å². The molecule has 17 heavy (non-hydrogen) atoms. The van der Waals surface area contributed by atoms with Crippen LogP contribution in [0.2, 0.25) is 0 Å². The van der Waals surface area contributed by atoms with Gasteiger partial charge in [-0.05, 0) is 25.9 Å². The molecule has 2 N–H and O–H groups in total. The molecular weight excluding hydrogens is 224 g/mol. The lowest BCUT2D eigenvalue weighted by Crippen LogP contribution is -2.44. The summed E-state index contributed by atoms with van der Waals surface area (Å²) < 4.78 is 4.89. The van der Waals surface area contributed by atoms with Crippen molar-refractivity contribution in [1.82, 2.24) is 10.2 Å². The minimum Gasteiger partial charge on any atom is -0.480 e. The van der Waals surface area contributed by atoms with Gasteiger partial charge in [0.1, 0.15) is 6.54 Å². The predicted octanol–water partition coefficient (Wildman–Crippen LogP) is -0.454. The monoisotopic (exact) mass is 244 g/mol. The molecule has 0 radical (unpaired) electrons. The summed E-state index contributed by atoms with van der Waals surface area (Å²) in [7, 11) is 1.54. The second kappa shape index (κ2) is 7.24. The Bertz CT molecular complexity index is 264. The fourth-order valence-electron chi connectivity index (χ4n) is 1.96. The molecule has 98 valence electrons. The highest BCUT2D eigenvalue weighted by Gasteiger charge is 2.26. The maximum atomic E-state index is 12.1. The molecule has 0 aliphatic carbocycles. The van der Waals surface area contributed by atoms with Crippen LogP contribution in [0.3, 0.4) is 0 Å². The largest absolute Gasteiger partial charge is 0.480 e. The Morgan fingerprint density at radius 1 is 1.41 bits per heavy atom. The molecule has 6 heteroatoms. The molecule has 0 saturated carbocycles. The van der Waals surface area contributed by atoms with E-state index in [-0.39, 0.29) is 18.4 Å². The maximum Gasteiger partial charge on any atom is 0.323 e. The van der Waals surface area contributed by atoms with Gasteiger partial charge in [-0.15, -0.1) is 0 Å². The topological polar surface area (TPSA) is 78.9 Å². The van der Waals surface area contributed by atoms with E-state index in [4.69, 9.17) is 9.84 Å². The molecule has 0 bridgehead atoms. The molecule has 0 aromatic rings. The van der Waals surface area contributed by atoms with Gasteiger partial charge in [0, 0.05) is 19.6 Å². The van der Waals surface area contributed by atoms with Gasteiger partial charge in [-0.3, -0.25) is 9.59 Å². The smallest absolute Gasteiger partial charge is 0.323 e. The second-order valence-electron chi connectivity index (χ2n) is 4.17. The van der Waals surface area contributed by atoms with Crippen molar-refractivity contribution in [3.05, 3.63) is 0 Å². The van der Waals surface area contributed by atoms with E-state index in [2.05, 4.69) is 5.32 Å². The zero-order chi connectivity index (χ0) is 12.7. The number of aliphatic carboxylic acids is 1. The van der Waals surface area contributed by atoms with E-state index in [9.17, 15) is 9.59 Å². The van der Waals surface area contributed by atoms with Gasteiger partial charge in [0.2, 0.25) is 5.91 Å². The summed E-state index contributed by atoms with van der Waals surface area (Å²) in [5.74, 6) is -1.10. The molecular formula is C11H20N2O4. The number of amides is 1. The van der Waals surface area contributed by atoms with E-state index < -0.39 is 5.97 Å². The van der Waals surface area contributed by atoms with Crippen LogP contribution in [0.15, 0.2) is 0 Å². The minimum absolute atomic E-state index is 0.0487. The molecule has 6 nitrogen and oxygen atoms in total. The van der Waals surface area contributed by atoms with Gasteiger partial charge in [0.05, 0.1) is 6.61 Å². The maximum absolute atomic E-state index is 12.1. The zero-order valence-electron chi connectivity index (χ0n) is 10.1. The van der Waals surface area contributed by atoms with Crippen LogP contribution in [-0.2, 0) is 14.3 Å². The Morgan fingerprint density at radius 3 is 2.59 bits per heavy atom. The van der Waals surface area contributed by atoms with Crippen LogP contribution in [0.4, 0.5) is 0 Å². The molecule has 1 fully saturated rings. The molecule has 0 aromatic carbocycles. The third-order valence-electron chi connectivity index (χ3n) is 2.89. The lowest BCUT2D eigenvalue weighted by atomic mass is 9.96. The number of hydrogen-bond donors (Lipinski definition) is 2. The Labute approximate surface area is 101 Å². The summed E-state index contributed by atoms with van der Waals surface area (Å²) in [4.78, 5) is 24.2. The number of carbonyl (C=O) groups excluding carboxylic acids is 1. The number of ether oxygens (including phenoxy) is 1. The number of piperidine rings is 1. The normalized spacial score (nSPS) is 16.8. The van der Waals surface area contributed by atoms with Crippen molar-refractivity contribution >= 4 is 11.9 Å². The fraction of sp³-hybridized carbons (Fsp3) is 0.818. The summed E-state index contributed by atoms with van der Waals surface area (Å²) in [6.45, 7) is 2.10. The van der Waals surface area contributed by atoms with Crippen molar-refractivity contribution in [3.8, 4) is 0 Å². The summed E-state index contributed by atoms with van der Waals surface area (Å²) in [6.07, 6.45) is 1.56. The van der Waals surface area contributed by atoms with Crippen molar-refractivity contribution < 1.29 is 19.4 Å². The highest BCUT2D eigenvalue weighted by molar-refractivity contribution is 5.83. The van der Waals surface area contributed by atoms with E-state index in [1.54, 1.807) is 0 Å². The van der Waals surface area contributed by atoms with Crippen LogP contribution >= 0.6 is 0 Å². The number of methoxy groups -OCH3 is 1. The first kappa shape index (κ1) is 13.9. The average molecular weight is 244 g/mol. The van der Waals surface area contributed by atoms with Gasteiger partial charge in [0.15, 0.2) is 0 Å². The first-order valence-electron chi connectivity index (χ1n) is 5.85. The predicted molar refractivity (Wildman–Crippen MR) is 61.7 cm³/mol. The molecule has 1 rings (SSSR count). The zero-order valence-corrected chi connectivity index (χ0v) is 10.1. The molecule has 0 atom stereocenters. The van der Waals surface area contributed by atoms with Crippen LogP contribution in [0, 0.1) is 5.92 Å². The Balaban J connectivity index is 2.53. The molecule has 1 aliphatic heterocycles. The van der Waals surface area contributed by atoms with Crippen LogP contribution in [0.1, 0.15) is 12.8 Å². The first-order chi connectivity index (χ1) is 8.15. The fourth-order valence-corrected chi connectivity index (χ4v) is 1.96. The third-order valence-corrected chi connectivity index (χ3v) is 2.89. The summed E-state index contributed by atoms with van der Waals surface area (Å²) in [5.41, 5.74) is 0. The second-order valence-corrected chi connectivity index (χ2v) is 4.17. The van der Waals surface area contributed by atoms with Gasteiger partial charge in [-0.25, -0.2) is 0 Å². The van der Waals surface area contributed by atoms with E-state index in [1.165, 1.54) is 12.0 Å². The van der Waals surface area contributed by atoms with Gasteiger partial charge in [0.25, 0.3) is 0 Å². The van der Waals surface area contributed by atoms with Crippen molar-refractivity contribution in [2.24, 2.45) is 5.92 Å². The highest BCUT2D eigenvalue weighted by Crippen LogP contribution is 2.15. The number of carboxylic acids is 1. The van der Waals surface area contributed by atoms with E-state index >= 15 is 0 Å². The standard InChI is InChI=1S/C11H20N2O4/c1-17-7-6-13(8-10(14)15)11(16)9-2-4-12-5-3-9/h9,12H,2-8H2,1H3,(H,14,15). The van der Waals surface area contributed by atoms with Crippen molar-refractivity contribution in [3.63, 3.8) is 0 Å². The summed E-state index contributed by atoms with van der Waals surface area (Å²) >= 11 is 0. The molecule has 1 heterocycles. The Kier molecular flexibility index (Phi) is 5.93. The number of carbonyl (C=O) groups is 2. The van der Waals surface area contributed by atoms with Gasteiger partial charge in [-0.1, -0.05) is 0 Å². The molecule has 1 saturated heterocycles. The van der Waals surface area contributed by atoms with Gasteiger partial charge >= 0.3 is 5.97 Å². The molecule has 1 aliphatic rings. The molecule has 0 unspecified atom stereocenters. The number of nitrogens with zero attached hydrogens (tertiary/aromatic N) is 1. The highest BCUT2D eigenvalue weighted by atomic mass is 16.5. The Morgan fingerprint density at radius 2 is 2.06 bits per heavy atom. The summed E-state index contributed by atoms with van der Waals surface area (Å²) in [6, 6.07) is 0. The number of rotatable bonds is 6. The SMILES string of the molecule is COCCN(CC(=O)O)C(=O)C1CCNCC1. The van der Waals surface area contributed by atoms with Crippen LogP contribution in [0.5, 0.6) is 0 Å². The molecule has 0 spiro atoms. The van der Waals surface area contributed by atoms with Gasteiger partial charge < -0.3 is 20.1 Å². The lowest BCUT2D eigenvalue weighted by molar-refractivity contribution is -0.147. The quantitative estimate of drug-likeness (QED) is 0.661. The molecule has 0 aromatic heterocycles. The average Bonchev–Trinajstić information content (AvgIpc) is 2.34. The number of nitrogens with one attached hydrogen (secondary N) is 1. The van der Waals surface area contributed by atoms with Crippen LogP contribution < -0.4 is 5.32 Å². The third kappa shape index (κ3) is 4.70. The van der Waals surface area contributed by atoms with Crippen LogP contribution in [0.25, 0.3) is 0 Å².